The van der Waals surface area contributed by atoms with Crippen LogP contribution in [0.3, 0.4) is 0 Å². The van der Waals surface area contributed by atoms with Gasteiger partial charge in [-0.2, -0.15) is 5.10 Å². The third-order valence-electron chi connectivity index (χ3n) is 2.01. The number of hydrogen-bond donors (Lipinski definition) is 1. The van der Waals surface area contributed by atoms with E-state index in [0.717, 1.165) is 18.8 Å². The molecule has 78 valence electrons. The molecule has 2 aromatic heterocycles. The maximum absolute atomic E-state index is 4.17. The molecule has 0 amide bonds. The van der Waals surface area contributed by atoms with Crippen molar-refractivity contribution in [2.45, 2.75) is 13.1 Å². The Kier molecular flexibility index (Phi) is 3.04. The van der Waals surface area contributed by atoms with Crippen LogP contribution >= 0.6 is 0 Å². The summed E-state index contributed by atoms with van der Waals surface area (Å²) in [5, 5.41) is 7.37. The molecule has 0 saturated heterocycles. The van der Waals surface area contributed by atoms with Crippen molar-refractivity contribution in [1.29, 1.82) is 0 Å². The van der Waals surface area contributed by atoms with Gasteiger partial charge < -0.3 is 5.32 Å². The molecule has 0 aliphatic heterocycles. The van der Waals surface area contributed by atoms with Crippen LogP contribution in [0.5, 0.6) is 0 Å². The van der Waals surface area contributed by atoms with E-state index in [1.54, 1.807) is 23.3 Å². The molecule has 5 heteroatoms. The van der Waals surface area contributed by atoms with Gasteiger partial charge in [0, 0.05) is 50.5 Å². The van der Waals surface area contributed by atoms with Crippen LogP contribution in [0.1, 0.15) is 11.3 Å². The van der Waals surface area contributed by atoms with Gasteiger partial charge in [0.2, 0.25) is 0 Å². The van der Waals surface area contributed by atoms with Gasteiger partial charge in [-0.1, -0.05) is 0 Å². The van der Waals surface area contributed by atoms with Gasteiger partial charge in [-0.05, 0) is 0 Å². The van der Waals surface area contributed by atoms with E-state index in [9.17, 15) is 0 Å². The molecule has 0 radical (unpaired) electrons. The minimum absolute atomic E-state index is 0.725. The summed E-state index contributed by atoms with van der Waals surface area (Å²) in [7, 11) is 1.91. The third kappa shape index (κ3) is 2.85. The van der Waals surface area contributed by atoms with E-state index in [-0.39, 0.29) is 0 Å². The number of nitrogens with zero attached hydrogens (tertiary/aromatic N) is 4. The Balaban J connectivity index is 1.80. The summed E-state index contributed by atoms with van der Waals surface area (Å²) in [6.45, 7) is 1.52. The summed E-state index contributed by atoms with van der Waals surface area (Å²) in [5.41, 5.74) is 2.11. The molecule has 1 N–H and O–H groups in total. The highest BCUT2D eigenvalue weighted by atomic mass is 15.2. The Morgan fingerprint density at radius 1 is 1.27 bits per heavy atom. The highest BCUT2D eigenvalue weighted by Crippen LogP contribution is 1.96. The first-order valence-electron chi connectivity index (χ1n) is 4.78. The van der Waals surface area contributed by atoms with Gasteiger partial charge >= 0.3 is 0 Å². The minimum atomic E-state index is 0.725. The molecule has 0 aliphatic carbocycles. The Labute approximate surface area is 88.2 Å². The van der Waals surface area contributed by atoms with Gasteiger partial charge in [0.25, 0.3) is 0 Å². The van der Waals surface area contributed by atoms with Crippen LogP contribution in [0.4, 0.5) is 0 Å². The number of rotatable bonds is 4. The topological polar surface area (TPSA) is 55.6 Å². The number of nitrogens with one attached hydrogen (secondary N) is 1. The molecule has 0 spiro atoms. The average Bonchev–Trinajstić information content (AvgIpc) is 2.66. The highest BCUT2D eigenvalue weighted by molar-refractivity contribution is 5.03. The summed E-state index contributed by atoms with van der Waals surface area (Å²) in [4.78, 5) is 8.16. The summed E-state index contributed by atoms with van der Waals surface area (Å²) >= 11 is 0. The molecule has 0 aromatic carbocycles. The lowest BCUT2D eigenvalue weighted by molar-refractivity contribution is 0.675. The van der Waals surface area contributed by atoms with E-state index in [2.05, 4.69) is 20.4 Å². The van der Waals surface area contributed by atoms with Gasteiger partial charge in [0.05, 0.1) is 11.9 Å². The molecule has 2 aromatic rings. The molecule has 0 bridgehead atoms. The Bertz CT molecular complexity index is 409. The van der Waals surface area contributed by atoms with E-state index < -0.39 is 0 Å². The molecular formula is C10H13N5. The first kappa shape index (κ1) is 9.79. The zero-order valence-corrected chi connectivity index (χ0v) is 8.59. The van der Waals surface area contributed by atoms with Crippen molar-refractivity contribution in [2.24, 2.45) is 7.05 Å². The van der Waals surface area contributed by atoms with E-state index >= 15 is 0 Å². The standard InChI is InChI=1S/C10H13N5/c1-15-8-9(5-14-15)4-12-7-10-6-11-2-3-13-10/h2-3,5-6,8,12H,4,7H2,1H3. The van der Waals surface area contributed by atoms with Gasteiger partial charge in [-0.3, -0.25) is 14.6 Å². The predicted molar refractivity (Wildman–Crippen MR) is 55.8 cm³/mol. The largest absolute Gasteiger partial charge is 0.307 e. The fourth-order valence-electron chi connectivity index (χ4n) is 1.32. The van der Waals surface area contributed by atoms with Crippen molar-refractivity contribution in [3.05, 3.63) is 42.2 Å². The van der Waals surface area contributed by atoms with Crippen LogP contribution in [0, 0.1) is 0 Å². The molecule has 0 fully saturated rings. The molecule has 2 rings (SSSR count). The van der Waals surface area contributed by atoms with E-state index in [1.165, 1.54) is 5.56 Å². The average molecular weight is 203 g/mol. The summed E-state index contributed by atoms with van der Waals surface area (Å²) in [6, 6.07) is 0. The number of hydrogen-bond acceptors (Lipinski definition) is 4. The zero-order valence-electron chi connectivity index (χ0n) is 8.59. The quantitative estimate of drug-likeness (QED) is 0.786. The van der Waals surface area contributed by atoms with Crippen molar-refractivity contribution in [1.82, 2.24) is 25.1 Å². The molecule has 0 unspecified atom stereocenters. The van der Waals surface area contributed by atoms with Crippen molar-refractivity contribution in [3.8, 4) is 0 Å². The molecule has 2 heterocycles. The predicted octanol–water partition coefficient (Wildman–Crippen LogP) is 0.500. The SMILES string of the molecule is Cn1cc(CNCc2cnccn2)cn1. The van der Waals surface area contributed by atoms with Crippen molar-refractivity contribution >= 4 is 0 Å². The van der Waals surface area contributed by atoms with E-state index in [0.29, 0.717) is 0 Å². The Morgan fingerprint density at radius 3 is 2.87 bits per heavy atom. The first-order valence-corrected chi connectivity index (χ1v) is 4.78. The van der Waals surface area contributed by atoms with Gasteiger partial charge in [-0.15, -0.1) is 0 Å². The third-order valence-corrected chi connectivity index (χ3v) is 2.01. The van der Waals surface area contributed by atoms with Gasteiger partial charge in [0.1, 0.15) is 0 Å². The lowest BCUT2D eigenvalue weighted by Crippen LogP contribution is -2.13. The lowest BCUT2D eigenvalue weighted by atomic mass is 10.3. The van der Waals surface area contributed by atoms with Crippen LogP contribution < -0.4 is 5.32 Å². The van der Waals surface area contributed by atoms with Crippen LogP contribution in [-0.4, -0.2) is 19.7 Å². The second-order valence-electron chi connectivity index (χ2n) is 3.32. The monoisotopic (exact) mass is 203 g/mol. The van der Waals surface area contributed by atoms with E-state index in [1.807, 2.05) is 19.4 Å². The molecule has 0 atom stereocenters. The lowest BCUT2D eigenvalue weighted by Gasteiger charge is -2.01. The van der Waals surface area contributed by atoms with Crippen LogP contribution in [-0.2, 0) is 20.1 Å². The summed E-state index contributed by atoms with van der Waals surface area (Å²) in [6.07, 6.45) is 8.97. The maximum atomic E-state index is 4.17. The molecule has 0 aliphatic rings. The van der Waals surface area contributed by atoms with Crippen LogP contribution in [0.15, 0.2) is 31.0 Å². The summed E-state index contributed by atoms with van der Waals surface area (Å²) < 4.78 is 1.79. The molecule has 0 saturated carbocycles. The second kappa shape index (κ2) is 4.65. The smallest absolute Gasteiger partial charge is 0.0724 e. The van der Waals surface area contributed by atoms with Gasteiger partial charge in [-0.25, -0.2) is 0 Å². The Hall–Kier alpha value is -1.75. The highest BCUT2D eigenvalue weighted by Gasteiger charge is 1.96. The fourth-order valence-corrected chi connectivity index (χ4v) is 1.32. The summed E-state index contributed by atoms with van der Waals surface area (Å²) in [5.74, 6) is 0. The van der Waals surface area contributed by atoms with Crippen molar-refractivity contribution in [3.63, 3.8) is 0 Å². The number of aromatic nitrogens is 4. The second-order valence-corrected chi connectivity index (χ2v) is 3.32. The normalized spacial score (nSPS) is 10.5. The van der Waals surface area contributed by atoms with Crippen LogP contribution in [0.2, 0.25) is 0 Å². The van der Waals surface area contributed by atoms with Gasteiger partial charge in [0.15, 0.2) is 0 Å². The fraction of sp³-hybridized carbons (Fsp3) is 0.300. The molecular weight excluding hydrogens is 190 g/mol. The van der Waals surface area contributed by atoms with Crippen molar-refractivity contribution < 1.29 is 0 Å². The van der Waals surface area contributed by atoms with Crippen molar-refractivity contribution in [2.75, 3.05) is 0 Å². The number of aryl methyl sites for hydroxylation is 1. The molecule has 5 nitrogen and oxygen atoms in total. The zero-order chi connectivity index (χ0) is 10.5. The maximum Gasteiger partial charge on any atom is 0.0724 e. The Morgan fingerprint density at radius 2 is 2.20 bits per heavy atom. The minimum Gasteiger partial charge on any atom is -0.307 e. The van der Waals surface area contributed by atoms with Crippen LogP contribution in [0.25, 0.3) is 0 Å². The van der Waals surface area contributed by atoms with E-state index in [4.69, 9.17) is 0 Å². The molecule has 15 heavy (non-hydrogen) atoms. The first-order chi connectivity index (χ1) is 7.34.